The molecule has 0 bridgehead atoms. The van der Waals surface area contributed by atoms with Crippen LogP contribution in [-0.2, 0) is 6.54 Å². The maximum Gasteiger partial charge on any atom is 0.315 e. The van der Waals surface area contributed by atoms with Gasteiger partial charge in [-0.1, -0.05) is 43.2 Å². The zero-order valence-corrected chi connectivity index (χ0v) is 13.3. The number of hydrogen-bond acceptors (Lipinski definition) is 2. The van der Waals surface area contributed by atoms with Crippen LogP contribution in [0.5, 0.6) is 0 Å². The molecule has 0 radical (unpaired) electrons. The second-order valence-electron chi connectivity index (χ2n) is 6.56. The second-order valence-corrected chi connectivity index (χ2v) is 6.56. The number of carbonyl (C=O) groups is 1. The molecule has 0 spiro atoms. The van der Waals surface area contributed by atoms with Gasteiger partial charge in [0.15, 0.2) is 0 Å². The van der Waals surface area contributed by atoms with Crippen LogP contribution in [0.4, 0.5) is 4.79 Å². The average molecular weight is 301 g/mol. The summed E-state index contributed by atoms with van der Waals surface area (Å²) < 4.78 is 0. The average Bonchev–Trinajstić information content (AvgIpc) is 3.09. The first-order valence-corrected chi connectivity index (χ1v) is 8.63. The van der Waals surface area contributed by atoms with Gasteiger partial charge in [-0.3, -0.25) is 0 Å². The molecule has 2 aliphatic rings. The number of hydrogen-bond donors (Lipinski definition) is 2. The van der Waals surface area contributed by atoms with E-state index in [1.807, 2.05) is 30.3 Å². The second kappa shape index (κ2) is 7.63. The molecule has 1 aromatic carbocycles. The standard InChI is InChI=1S/C18H27N3O/c22-18(19-14-15-6-2-1-3-7-15)20-16-10-12-21(13-11-16)17-8-4-5-9-17/h1-3,6-7,16-17H,4-5,8-14H2,(H2,19,20,22). The third-order valence-electron chi connectivity index (χ3n) is 5.00. The third kappa shape index (κ3) is 4.23. The van der Waals surface area contributed by atoms with E-state index in [2.05, 4.69) is 15.5 Å². The molecule has 1 aliphatic heterocycles. The fourth-order valence-corrected chi connectivity index (χ4v) is 3.69. The molecule has 0 unspecified atom stereocenters. The summed E-state index contributed by atoms with van der Waals surface area (Å²) in [5.74, 6) is 0. The van der Waals surface area contributed by atoms with E-state index in [0.29, 0.717) is 12.6 Å². The zero-order chi connectivity index (χ0) is 15.2. The first-order chi connectivity index (χ1) is 10.8. The highest BCUT2D eigenvalue weighted by atomic mass is 16.2. The molecule has 1 aliphatic carbocycles. The lowest BCUT2D eigenvalue weighted by molar-refractivity contribution is 0.145. The molecule has 0 aromatic heterocycles. The number of benzene rings is 1. The number of carbonyl (C=O) groups excluding carboxylic acids is 1. The molecule has 1 saturated carbocycles. The summed E-state index contributed by atoms with van der Waals surface area (Å²) in [5.41, 5.74) is 1.13. The smallest absolute Gasteiger partial charge is 0.315 e. The van der Waals surface area contributed by atoms with Crippen LogP contribution in [0, 0.1) is 0 Å². The largest absolute Gasteiger partial charge is 0.335 e. The Morgan fingerprint density at radius 1 is 1.05 bits per heavy atom. The third-order valence-corrected chi connectivity index (χ3v) is 5.00. The molecule has 120 valence electrons. The predicted octanol–water partition coefficient (Wildman–Crippen LogP) is 2.89. The van der Waals surface area contributed by atoms with Gasteiger partial charge in [-0.15, -0.1) is 0 Å². The van der Waals surface area contributed by atoms with Gasteiger partial charge in [-0.05, 0) is 31.2 Å². The highest BCUT2D eigenvalue weighted by molar-refractivity contribution is 5.74. The quantitative estimate of drug-likeness (QED) is 0.898. The molecule has 1 heterocycles. The Bertz CT molecular complexity index is 462. The molecule has 2 amide bonds. The number of amides is 2. The van der Waals surface area contributed by atoms with Crippen molar-refractivity contribution in [1.82, 2.24) is 15.5 Å². The van der Waals surface area contributed by atoms with Crippen molar-refractivity contribution in [2.75, 3.05) is 13.1 Å². The highest BCUT2D eigenvalue weighted by Gasteiger charge is 2.27. The molecular formula is C18H27N3O. The Hall–Kier alpha value is -1.55. The van der Waals surface area contributed by atoms with Gasteiger partial charge in [0.2, 0.25) is 0 Å². The fraction of sp³-hybridized carbons (Fsp3) is 0.611. The minimum atomic E-state index is -0.0387. The van der Waals surface area contributed by atoms with E-state index >= 15 is 0 Å². The SMILES string of the molecule is O=C(NCc1ccccc1)NC1CCN(C2CCCC2)CC1. The number of nitrogens with zero attached hydrogens (tertiary/aromatic N) is 1. The molecule has 22 heavy (non-hydrogen) atoms. The Morgan fingerprint density at radius 2 is 1.73 bits per heavy atom. The van der Waals surface area contributed by atoms with Gasteiger partial charge in [-0.25, -0.2) is 4.79 Å². The van der Waals surface area contributed by atoms with Crippen molar-refractivity contribution >= 4 is 6.03 Å². The molecular weight excluding hydrogens is 274 g/mol. The lowest BCUT2D eigenvalue weighted by atomic mass is 10.0. The molecule has 0 atom stereocenters. The summed E-state index contributed by atoms with van der Waals surface area (Å²) in [6.07, 6.45) is 7.69. The summed E-state index contributed by atoms with van der Waals surface area (Å²) in [6, 6.07) is 11.1. The molecule has 2 N–H and O–H groups in total. The summed E-state index contributed by atoms with van der Waals surface area (Å²) >= 11 is 0. The van der Waals surface area contributed by atoms with E-state index in [9.17, 15) is 4.79 Å². The van der Waals surface area contributed by atoms with E-state index in [1.54, 1.807) is 0 Å². The number of rotatable bonds is 4. The lowest BCUT2D eigenvalue weighted by Crippen LogP contribution is -2.49. The lowest BCUT2D eigenvalue weighted by Gasteiger charge is -2.36. The molecule has 2 fully saturated rings. The highest BCUT2D eigenvalue weighted by Crippen LogP contribution is 2.26. The summed E-state index contributed by atoms with van der Waals surface area (Å²) in [7, 11) is 0. The van der Waals surface area contributed by atoms with E-state index in [-0.39, 0.29) is 6.03 Å². The van der Waals surface area contributed by atoms with Crippen LogP contribution in [0.15, 0.2) is 30.3 Å². The Kier molecular flexibility index (Phi) is 5.33. The molecule has 4 nitrogen and oxygen atoms in total. The summed E-state index contributed by atoms with van der Waals surface area (Å²) in [4.78, 5) is 14.6. The maximum atomic E-state index is 12.0. The fourth-order valence-electron chi connectivity index (χ4n) is 3.69. The zero-order valence-electron chi connectivity index (χ0n) is 13.3. The van der Waals surface area contributed by atoms with Crippen molar-refractivity contribution < 1.29 is 4.79 Å². The van der Waals surface area contributed by atoms with Crippen molar-refractivity contribution in [3.8, 4) is 0 Å². The monoisotopic (exact) mass is 301 g/mol. The first kappa shape index (κ1) is 15.3. The molecule has 4 heteroatoms. The summed E-state index contributed by atoms with van der Waals surface area (Å²) in [6.45, 7) is 2.86. The van der Waals surface area contributed by atoms with Gasteiger partial charge in [0.25, 0.3) is 0 Å². The van der Waals surface area contributed by atoms with E-state index < -0.39 is 0 Å². The number of likely N-dealkylation sites (tertiary alicyclic amines) is 1. The van der Waals surface area contributed by atoms with Crippen LogP contribution in [0.2, 0.25) is 0 Å². The predicted molar refractivity (Wildman–Crippen MR) is 88.7 cm³/mol. The van der Waals surface area contributed by atoms with E-state index in [4.69, 9.17) is 0 Å². The van der Waals surface area contributed by atoms with Crippen LogP contribution >= 0.6 is 0 Å². The Labute approximate surface area is 133 Å². The van der Waals surface area contributed by atoms with Crippen LogP contribution < -0.4 is 10.6 Å². The minimum absolute atomic E-state index is 0.0387. The topological polar surface area (TPSA) is 44.4 Å². The first-order valence-electron chi connectivity index (χ1n) is 8.63. The van der Waals surface area contributed by atoms with E-state index in [1.165, 1.54) is 25.7 Å². The number of piperidine rings is 1. The van der Waals surface area contributed by atoms with E-state index in [0.717, 1.165) is 37.5 Å². The van der Waals surface area contributed by atoms with Crippen LogP contribution in [-0.4, -0.2) is 36.1 Å². The molecule has 3 rings (SSSR count). The van der Waals surface area contributed by atoms with Gasteiger partial charge in [-0.2, -0.15) is 0 Å². The molecule has 1 saturated heterocycles. The van der Waals surface area contributed by atoms with Crippen molar-refractivity contribution in [2.45, 2.75) is 57.2 Å². The maximum absolute atomic E-state index is 12.0. The molecule has 1 aromatic rings. The number of nitrogens with one attached hydrogen (secondary N) is 2. The van der Waals surface area contributed by atoms with Crippen molar-refractivity contribution in [3.63, 3.8) is 0 Å². The Morgan fingerprint density at radius 3 is 2.41 bits per heavy atom. The normalized spacial score (nSPS) is 20.9. The van der Waals surface area contributed by atoms with Gasteiger partial charge >= 0.3 is 6.03 Å². The van der Waals surface area contributed by atoms with Crippen molar-refractivity contribution in [3.05, 3.63) is 35.9 Å². The summed E-state index contributed by atoms with van der Waals surface area (Å²) in [5, 5.41) is 6.07. The van der Waals surface area contributed by atoms with Crippen molar-refractivity contribution in [2.24, 2.45) is 0 Å². The van der Waals surface area contributed by atoms with Crippen LogP contribution in [0.25, 0.3) is 0 Å². The van der Waals surface area contributed by atoms with Gasteiger partial charge in [0, 0.05) is 31.7 Å². The number of urea groups is 1. The van der Waals surface area contributed by atoms with Gasteiger partial charge in [0.1, 0.15) is 0 Å². The minimum Gasteiger partial charge on any atom is -0.335 e. The van der Waals surface area contributed by atoms with Crippen LogP contribution in [0.3, 0.4) is 0 Å². The van der Waals surface area contributed by atoms with Crippen LogP contribution in [0.1, 0.15) is 44.1 Å². The van der Waals surface area contributed by atoms with Gasteiger partial charge in [0.05, 0.1) is 0 Å². The Balaban J connectivity index is 1.36. The van der Waals surface area contributed by atoms with Crippen molar-refractivity contribution in [1.29, 1.82) is 0 Å². The van der Waals surface area contributed by atoms with Gasteiger partial charge < -0.3 is 15.5 Å².